The Balaban J connectivity index is 0.000000791. The van der Waals surface area contributed by atoms with Crippen LogP contribution in [0.25, 0.3) is 0 Å². The van der Waals surface area contributed by atoms with E-state index in [9.17, 15) is 4.79 Å². The first-order chi connectivity index (χ1) is 6.58. The van der Waals surface area contributed by atoms with Crippen molar-refractivity contribution in [2.45, 2.75) is 46.6 Å². The zero-order valence-electron chi connectivity index (χ0n) is 10.1. The second-order valence-corrected chi connectivity index (χ2v) is 3.76. The summed E-state index contributed by atoms with van der Waals surface area (Å²) in [5.74, 6) is 0.225. The van der Waals surface area contributed by atoms with E-state index in [1.54, 1.807) is 0 Å². The van der Waals surface area contributed by atoms with Gasteiger partial charge in [0.2, 0.25) is 5.91 Å². The minimum Gasteiger partial charge on any atom is -0.377 e. The highest BCUT2D eigenvalue weighted by atomic mass is 16.5. The molecule has 0 unspecified atom stereocenters. The summed E-state index contributed by atoms with van der Waals surface area (Å²) in [7, 11) is 0. The molecule has 0 N–H and O–H groups in total. The lowest BCUT2D eigenvalue weighted by Gasteiger charge is -2.42. The number of rotatable bonds is 1. The summed E-state index contributed by atoms with van der Waals surface area (Å²) in [5.41, 5.74) is -0.120. The van der Waals surface area contributed by atoms with Crippen molar-refractivity contribution in [1.29, 1.82) is 0 Å². The Hall–Kier alpha value is -0.570. The molecule has 1 heterocycles. The summed E-state index contributed by atoms with van der Waals surface area (Å²) in [6.45, 7) is 12.0. The van der Waals surface area contributed by atoms with Gasteiger partial charge in [-0.1, -0.05) is 20.8 Å². The number of hydrogen-bond acceptors (Lipinski definition) is 2. The van der Waals surface area contributed by atoms with Gasteiger partial charge in [0.1, 0.15) is 0 Å². The maximum absolute atomic E-state index is 11.5. The molecule has 0 spiro atoms. The smallest absolute Gasteiger partial charge is 0.222 e. The van der Waals surface area contributed by atoms with Crippen molar-refractivity contribution < 1.29 is 9.53 Å². The Labute approximate surface area is 87.4 Å². The fourth-order valence-corrected chi connectivity index (χ4v) is 1.51. The van der Waals surface area contributed by atoms with Crippen LogP contribution in [-0.4, -0.2) is 36.1 Å². The summed E-state index contributed by atoms with van der Waals surface area (Å²) in [5, 5.41) is 0. The first-order valence-electron chi connectivity index (χ1n) is 5.46. The lowest BCUT2D eigenvalue weighted by atomic mass is 10.0. The van der Waals surface area contributed by atoms with Crippen molar-refractivity contribution in [2.75, 3.05) is 19.8 Å². The van der Waals surface area contributed by atoms with Crippen molar-refractivity contribution in [3.05, 3.63) is 0 Å². The van der Waals surface area contributed by atoms with E-state index in [-0.39, 0.29) is 11.4 Å². The van der Waals surface area contributed by atoms with E-state index in [1.807, 2.05) is 39.5 Å². The molecule has 0 aromatic rings. The van der Waals surface area contributed by atoms with E-state index in [1.165, 1.54) is 0 Å². The van der Waals surface area contributed by atoms with Crippen molar-refractivity contribution in [3.63, 3.8) is 0 Å². The summed E-state index contributed by atoms with van der Waals surface area (Å²) < 4.78 is 5.32. The number of ether oxygens (including phenoxy) is 1. The van der Waals surface area contributed by atoms with Crippen molar-refractivity contribution in [3.8, 4) is 0 Å². The Morgan fingerprint density at radius 3 is 2.43 bits per heavy atom. The highest BCUT2D eigenvalue weighted by Gasteiger charge is 2.32. The lowest BCUT2D eigenvalue weighted by Crippen LogP contribution is -2.55. The Kier molecular flexibility index (Phi) is 5.77. The molecule has 84 valence electrons. The quantitative estimate of drug-likeness (QED) is 0.650. The van der Waals surface area contributed by atoms with Crippen LogP contribution >= 0.6 is 0 Å². The van der Waals surface area contributed by atoms with Gasteiger partial charge in [0.05, 0.1) is 18.8 Å². The molecule has 1 rings (SSSR count). The van der Waals surface area contributed by atoms with Crippen LogP contribution in [0.4, 0.5) is 0 Å². The molecule has 3 nitrogen and oxygen atoms in total. The van der Waals surface area contributed by atoms with Crippen LogP contribution in [0.5, 0.6) is 0 Å². The average molecular weight is 201 g/mol. The molecule has 0 aromatic carbocycles. The maximum atomic E-state index is 11.5. The number of nitrogens with zero attached hydrogens (tertiary/aromatic N) is 1. The molecular formula is C11H23NO2. The van der Waals surface area contributed by atoms with Gasteiger partial charge in [0, 0.05) is 13.0 Å². The minimum absolute atomic E-state index is 0.120. The molecule has 1 aliphatic heterocycles. The predicted molar refractivity (Wildman–Crippen MR) is 58.3 cm³/mol. The van der Waals surface area contributed by atoms with Gasteiger partial charge in [0.15, 0.2) is 0 Å². The van der Waals surface area contributed by atoms with Gasteiger partial charge < -0.3 is 9.64 Å². The second-order valence-electron chi connectivity index (χ2n) is 3.76. The van der Waals surface area contributed by atoms with Crippen LogP contribution in [0.3, 0.4) is 0 Å². The molecule has 0 radical (unpaired) electrons. The zero-order valence-corrected chi connectivity index (χ0v) is 10.1. The van der Waals surface area contributed by atoms with Gasteiger partial charge in [-0.05, 0) is 13.8 Å². The van der Waals surface area contributed by atoms with Gasteiger partial charge in [0.25, 0.3) is 0 Å². The van der Waals surface area contributed by atoms with E-state index in [2.05, 4.69) is 0 Å². The van der Waals surface area contributed by atoms with Gasteiger partial charge >= 0.3 is 0 Å². The molecule has 0 atom stereocenters. The summed E-state index contributed by atoms with van der Waals surface area (Å²) in [4.78, 5) is 13.4. The third-order valence-corrected chi connectivity index (χ3v) is 2.25. The van der Waals surface area contributed by atoms with E-state index in [4.69, 9.17) is 4.74 Å². The van der Waals surface area contributed by atoms with Gasteiger partial charge in [-0.15, -0.1) is 0 Å². The molecule has 1 saturated heterocycles. The standard InChI is InChI=1S/C9H17NO2.C2H6/c1-4-8(11)10-5-6-12-7-9(10,2)3;1-2/h4-7H2,1-3H3;1-2H3. The monoisotopic (exact) mass is 201 g/mol. The number of carbonyl (C=O) groups is 1. The molecule has 1 fully saturated rings. The summed E-state index contributed by atoms with van der Waals surface area (Å²) >= 11 is 0. The zero-order chi connectivity index (χ0) is 11.2. The minimum atomic E-state index is -0.120. The Morgan fingerprint density at radius 1 is 1.43 bits per heavy atom. The number of morpholine rings is 1. The van der Waals surface area contributed by atoms with Crippen LogP contribution in [0.15, 0.2) is 0 Å². The lowest BCUT2D eigenvalue weighted by molar-refractivity contribution is -0.145. The van der Waals surface area contributed by atoms with Crippen LogP contribution in [0.1, 0.15) is 41.0 Å². The molecule has 14 heavy (non-hydrogen) atoms. The molecule has 0 aromatic heterocycles. The van der Waals surface area contributed by atoms with Crippen LogP contribution < -0.4 is 0 Å². The molecule has 1 amide bonds. The molecule has 0 aliphatic carbocycles. The van der Waals surface area contributed by atoms with Crippen LogP contribution in [0.2, 0.25) is 0 Å². The third kappa shape index (κ3) is 3.29. The summed E-state index contributed by atoms with van der Waals surface area (Å²) in [6, 6.07) is 0. The van der Waals surface area contributed by atoms with Gasteiger partial charge in [-0.2, -0.15) is 0 Å². The van der Waals surface area contributed by atoms with Gasteiger partial charge in [-0.25, -0.2) is 0 Å². The molecule has 0 saturated carbocycles. The molecular weight excluding hydrogens is 178 g/mol. The third-order valence-electron chi connectivity index (χ3n) is 2.25. The van der Waals surface area contributed by atoms with E-state index >= 15 is 0 Å². The second kappa shape index (κ2) is 6.02. The predicted octanol–water partition coefficient (Wildman–Crippen LogP) is 2.06. The average Bonchev–Trinajstić information content (AvgIpc) is 2.19. The largest absolute Gasteiger partial charge is 0.377 e. The van der Waals surface area contributed by atoms with Crippen molar-refractivity contribution >= 4 is 5.91 Å². The molecule has 3 heteroatoms. The summed E-state index contributed by atoms with van der Waals surface area (Å²) in [6.07, 6.45) is 0.587. The molecule has 1 aliphatic rings. The number of amides is 1. The fourth-order valence-electron chi connectivity index (χ4n) is 1.51. The fraction of sp³-hybridized carbons (Fsp3) is 0.909. The first-order valence-corrected chi connectivity index (χ1v) is 5.46. The molecule has 0 bridgehead atoms. The highest BCUT2D eigenvalue weighted by molar-refractivity contribution is 5.76. The van der Waals surface area contributed by atoms with Crippen molar-refractivity contribution in [1.82, 2.24) is 4.90 Å². The van der Waals surface area contributed by atoms with Gasteiger partial charge in [-0.3, -0.25) is 4.79 Å². The van der Waals surface area contributed by atoms with Crippen molar-refractivity contribution in [2.24, 2.45) is 0 Å². The maximum Gasteiger partial charge on any atom is 0.222 e. The van der Waals surface area contributed by atoms with Crippen LogP contribution in [-0.2, 0) is 9.53 Å². The van der Waals surface area contributed by atoms with E-state index in [0.717, 1.165) is 6.54 Å². The topological polar surface area (TPSA) is 29.5 Å². The van der Waals surface area contributed by atoms with E-state index in [0.29, 0.717) is 19.6 Å². The Morgan fingerprint density at radius 2 is 2.00 bits per heavy atom. The Bertz CT molecular complexity index is 178. The SMILES string of the molecule is CC.CCC(=O)N1CCOCC1(C)C. The number of carbonyl (C=O) groups excluding carboxylic acids is 1. The van der Waals surface area contributed by atoms with E-state index < -0.39 is 0 Å². The highest BCUT2D eigenvalue weighted by Crippen LogP contribution is 2.19. The number of hydrogen-bond donors (Lipinski definition) is 0. The normalized spacial score (nSPS) is 19.6. The van der Waals surface area contributed by atoms with Crippen LogP contribution in [0, 0.1) is 0 Å². The first kappa shape index (κ1) is 13.4.